The fourth-order valence-electron chi connectivity index (χ4n) is 4.56. The lowest BCUT2D eigenvalue weighted by molar-refractivity contribution is -0.184. The van der Waals surface area contributed by atoms with Gasteiger partial charge in [-0.05, 0) is 59.5 Å². The standard InChI is InChI=1S/C30H29F3N2O4/c1-36-26-10-2-22(3-11-26)14-15-29(20-35-17-16-34-21-35)38-19-28(39-29)18-37-27-12-6-24(7-13-27)23-4-8-25(9-5-23)30(31,32)33/h2-13,16-17,21,28H,14-15,18-20H2,1H3. The molecule has 0 N–H and O–H groups in total. The number of imidazole rings is 1. The number of hydrogen-bond acceptors (Lipinski definition) is 5. The van der Waals surface area contributed by atoms with Crippen molar-refractivity contribution in [2.45, 2.75) is 37.5 Å². The summed E-state index contributed by atoms with van der Waals surface area (Å²) in [6, 6.07) is 20.3. The molecule has 2 heterocycles. The van der Waals surface area contributed by atoms with Gasteiger partial charge in [0.25, 0.3) is 0 Å². The highest BCUT2D eigenvalue weighted by Crippen LogP contribution is 2.33. The third-order valence-corrected chi connectivity index (χ3v) is 6.69. The molecule has 3 aromatic carbocycles. The normalized spacial score (nSPS) is 19.2. The molecule has 0 bridgehead atoms. The molecule has 1 saturated heterocycles. The Morgan fingerprint density at radius 2 is 1.62 bits per heavy atom. The van der Waals surface area contributed by atoms with Crippen molar-refractivity contribution in [1.29, 1.82) is 0 Å². The molecule has 1 aliphatic rings. The lowest BCUT2D eigenvalue weighted by atomic mass is 10.0. The summed E-state index contributed by atoms with van der Waals surface area (Å²) in [6.45, 7) is 1.19. The van der Waals surface area contributed by atoms with Gasteiger partial charge in [0.05, 0.1) is 32.2 Å². The molecule has 6 nitrogen and oxygen atoms in total. The number of aromatic nitrogens is 2. The molecular weight excluding hydrogens is 509 g/mol. The van der Waals surface area contributed by atoms with Crippen molar-refractivity contribution < 1.29 is 32.1 Å². The number of hydrogen-bond donors (Lipinski definition) is 0. The lowest BCUT2D eigenvalue weighted by Gasteiger charge is -2.28. The van der Waals surface area contributed by atoms with E-state index in [1.807, 2.05) is 47.2 Å². The smallest absolute Gasteiger partial charge is 0.416 e. The molecule has 0 saturated carbocycles. The first-order valence-corrected chi connectivity index (χ1v) is 12.6. The predicted octanol–water partition coefficient (Wildman–Crippen LogP) is 6.40. The van der Waals surface area contributed by atoms with Crippen molar-refractivity contribution in [2.24, 2.45) is 0 Å². The Morgan fingerprint density at radius 3 is 2.23 bits per heavy atom. The van der Waals surface area contributed by atoms with E-state index in [1.165, 1.54) is 12.1 Å². The Kier molecular flexibility index (Phi) is 7.90. The largest absolute Gasteiger partial charge is 0.497 e. The zero-order valence-electron chi connectivity index (χ0n) is 21.4. The second-order valence-corrected chi connectivity index (χ2v) is 9.46. The number of methoxy groups -OCH3 is 1. The first kappa shape index (κ1) is 26.8. The average Bonchev–Trinajstić information content (AvgIpc) is 3.61. The van der Waals surface area contributed by atoms with Crippen LogP contribution in [0.1, 0.15) is 17.5 Å². The van der Waals surface area contributed by atoms with E-state index in [2.05, 4.69) is 4.98 Å². The van der Waals surface area contributed by atoms with Crippen LogP contribution in [0.4, 0.5) is 13.2 Å². The summed E-state index contributed by atoms with van der Waals surface area (Å²) < 4.78 is 64.3. The van der Waals surface area contributed by atoms with Crippen LogP contribution in [0.2, 0.25) is 0 Å². The number of halogens is 3. The molecule has 0 amide bonds. The number of aryl methyl sites for hydroxylation is 1. The van der Waals surface area contributed by atoms with Crippen LogP contribution in [0.3, 0.4) is 0 Å². The Hall–Kier alpha value is -3.82. The van der Waals surface area contributed by atoms with Gasteiger partial charge in [0, 0.05) is 18.8 Å². The summed E-state index contributed by atoms with van der Waals surface area (Å²) in [7, 11) is 1.64. The van der Waals surface area contributed by atoms with Gasteiger partial charge in [0.2, 0.25) is 0 Å². The van der Waals surface area contributed by atoms with E-state index in [4.69, 9.17) is 18.9 Å². The molecular formula is C30H29F3N2O4. The minimum atomic E-state index is -4.35. The second kappa shape index (κ2) is 11.5. The molecule has 1 aliphatic heterocycles. The van der Waals surface area contributed by atoms with Gasteiger partial charge in [0.1, 0.15) is 24.2 Å². The van der Waals surface area contributed by atoms with Crippen LogP contribution in [0.25, 0.3) is 11.1 Å². The van der Waals surface area contributed by atoms with Crippen molar-refractivity contribution in [3.8, 4) is 22.6 Å². The molecule has 5 rings (SSSR count). The Balaban J connectivity index is 1.19. The fraction of sp³-hybridized carbons (Fsp3) is 0.300. The van der Waals surface area contributed by atoms with Crippen LogP contribution in [-0.2, 0) is 28.6 Å². The zero-order chi connectivity index (χ0) is 27.3. The van der Waals surface area contributed by atoms with Crippen molar-refractivity contribution in [3.63, 3.8) is 0 Å². The summed E-state index contributed by atoms with van der Waals surface area (Å²) in [5.74, 6) is 0.630. The van der Waals surface area contributed by atoms with E-state index in [9.17, 15) is 13.2 Å². The molecule has 0 aliphatic carbocycles. The van der Waals surface area contributed by atoms with E-state index in [0.717, 1.165) is 35.4 Å². The summed E-state index contributed by atoms with van der Waals surface area (Å²) in [4.78, 5) is 4.13. The van der Waals surface area contributed by atoms with Gasteiger partial charge in [0.15, 0.2) is 5.79 Å². The first-order valence-electron chi connectivity index (χ1n) is 12.6. The third kappa shape index (κ3) is 6.79. The summed E-state index contributed by atoms with van der Waals surface area (Å²) in [5, 5.41) is 0. The molecule has 0 spiro atoms. The van der Waals surface area contributed by atoms with Crippen LogP contribution in [0, 0.1) is 0 Å². The topological polar surface area (TPSA) is 54.7 Å². The Bertz CT molecular complexity index is 1320. The third-order valence-electron chi connectivity index (χ3n) is 6.69. The van der Waals surface area contributed by atoms with E-state index >= 15 is 0 Å². The van der Waals surface area contributed by atoms with Crippen LogP contribution < -0.4 is 9.47 Å². The Labute approximate surface area is 224 Å². The average molecular weight is 539 g/mol. The number of benzene rings is 3. The number of ether oxygens (including phenoxy) is 4. The second-order valence-electron chi connectivity index (χ2n) is 9.46. The van der Waals surface area contributed by atoms with Gasteiger partial charge >= 0.3 is 6.18 Å². The lowest BCUT2D eigenvalue weighted by Crippen LogP contribution is -2.37. The highest BCUT2D eigenvalue weighted by Gasteiger charge is 2.42. The first-order chi connectivity index (χ1) is 18.8. The van der Waals surface area contributed by atoms with Crippen molar-refractivity contribution in [2.75, 3.05) is 20.3 Å². The predicted molar refractivity (Wildman–Crippen MR) is 139 cm³/mol. The quantitative estimate of drug-likeness (QED) is 0.234. The van der Waals surface area contributed by atoms with Crippen LogP contribution in [-0.4, -0.2) is 41.8 Å². The van der Waals surface area contributed by atoms with E-state index in [1.54, 1.807) is 31.8 Å². The van der Waals surface area contributed by atoms with Gasteiger partial charge in [-0.25, -0.2) is 4.98 Å². The maximum Gasteiger partial charge on any atom is 0.416 e. The zero-order valence-corrected chi connectivity index (χ0v) is 21.4. The van der Waals surface area contributed by atoms with Crippen molar-refractivity contribution in [1.82, 2.24) is 9.55 Å². The van der Waals surface area contributed by atoms with Gasteiger partial charge in [-0.3, -0.25) is 0 Å². The maximum absolute atomic E-state index is 12.8. The molecule has 39 heavy (non-hydrogen) atoms. The highest BCUT2D eigenvalue weighted by molar-refractivity contribution is 5.64. The monoisotopic (exact) mass is 538 g/mol. The molecule has 4 aromatic rings. The van der Waals surface area contributed by atoms with E-state index in [0.29, 0.717) is 37.5 Å². The number of nitrogens with zero attached hydrogens (tertiary/aromatic N) is 2. The minimum absolute atomic E-state index is 0.265. The van der Waals surface area contributed by atoms with Gasteiger partial charge in [-0.2, -0.15) is 13.2 Å². The molecule has 1 aromatic heterocycles. The van der Waals surface area contributed by atoms with Crippen molar-refractivity contribution >= 4 is 0 Å². The molecule has 9 heteroatoms. The minimum Gasteiger partial charge on any atom is -0.497 e. The molecule has 0 radical (unpaired) electrons. The van der Waals surface area contributed by atoms with E-state index < -0.39 is 17.5 Å². The number of alkyl halides is 3. The summed E-state index contributed by atoms with van der Waals surface area (Å²) in [6.07, 6.45) is 2.13. The van der Waals surface area contributed by atoms with Crippen LogP contribution in [0.15, 0.2) is 91.5 Å². The van der Waals surface area contributed by atoms with E-state index in [-0.39, 0.29) is 6.10 Å². The molecule has 2 atom stereocenters. The van der Waals surface area contributed by atoms with Gasteiger partial charge < -0.3 is 23.5 Å². The highest BCUT2D eigenvalue weighted by atomic mass is 19.4. The number of rotatable bonds is 10. The van der Waals surface area contributed by atoms with Gasteiger partial charge in [-0.1, -0.05) is 36.4 Å². The molecule has 1 fully saturated rings. The van der Waals surface area contributed by atoms with Gasteiger partial charge in [-0.15, -0.1) is 0 Å². The molecule has 2 unspecified atom stereocenters. The SMILES string of the molecule is COc1ccc(CCC2(Cn3ccnc3)OCC(COc3ccc(-c4ccc(C(F)(F)F)cc4)cc3)O2)cc1. The maximum atomic E-state index is 12.8. The van der Waals surface area contributed by atoms with Crippen LogP contribution >= 0.6 is 0 Å². The summed E-state index contributed by atoms with van der Waals surface area (Å²) >= 11 is 0. The van der Waals surface area contributed by atoms with Crippen molar-refractivity contribution in [3.05, 3.63) is 103 Å². The van der Waals surface area contributed by atoms with Crippen LogP contribution in [0.5, 0.6) is 11.5 Å². The Morgan fingerprint density at radius 1 is 0.949 bits per heavy atom. The summed E-state index contributed by atoms with van der Waals surface area (Å²) in [5.41, 5.74) is 1.98. The molecule has 204 valence electrons. The fourth-order valence-corrected chi connectivity index (χ4v) is 4.56.